The summed E-state index contributed by atoms with van der Waals surface area (Å²) >= 11 is 0. The van der Waals surface area contributed by atoms with Gasteiger partial charge in [0.1, 0.15) is 0 Å². The van der Waals surface area contributed by atoms with E-state index in [1.165, 1.54) is 131 Å². The first kappa shape index (κ1) is 47.0. The Morgan fingerprint density at radius 3 is 1.30 bits per heavy atom. The molecule has 1 aliphatic carbocycles. The molecule has 246 valence electrons. The molecule has 2 unspecified atom stereocenters. The maximum atomic E-state index is 4.05. The zero-order valence-electron chi connectivity index (χ0n) is 31.2. The number of hydrogen-bond donors (Lipinski definition) is 0. The van der Waals surface area contributed by atoms with Crippen molar-refractivity contribution < 1.29 is 21.7 Å². The summed E-state index contributed by atoms with van der Waals surface area (Å²) in [5.41, 5.74) is 7.52. The molecule has 0 saturated heterocycles. The molecule has 0 N–H and O–H groups in total. The minimum atomic E-state index is -1.86. The number of unbranched alkanes of at least 4 members (excludes halogenated alkanes) is 15. The van der Waals surface area contributed by atoms with Crippen molar-refractivity contribution in [2.45, 2.75) is 182 Å². The maximum absolute atomic E-state index is 4.05. The fourth-order valence-electron chi connectivity index (χ4n) is 6.97. The Hall–Kier alpha value is -0.369. The van der Waals surface area contributed by atoms with Crippen LogP contribution in [-0.4, -0.2) is 8.07 Å². The summed E-state index contributed by atoms with van der Waals surface area (Å²) < 4.78 is 0. The molecule has 2 heteroatoms. The first-order valence-electron chi connectivity index (χ1n) is 17.2. The van der Waals surface area contributed by atoms with Gasteiger partial charge in [-0.2, -0.15) is 11.1 Å². The molecule has 2 rings (SSSR count). The second-order valence-electron chi connectivity index (χ2n) is 13.3. The van der Waals surface area contributed by atoms with Crippen LogP contribution in [0.4, 0.5) is 0 Å². The third-order valence-corrected chi connectivity index (χ3v) is 16.1. The molecule has 0 saturated carbocycles. The summed E-state index contributed by atoms with van der Waals surface area (Å²) in [5, 5.41) is 1.78. The van der Waals surface area contributed by atoms with Gasteiger partial charge in [0.05, 0.1) is 8.07 Å². The van der Waals surface area contributed by atoms with Gasteiger partial charge in [0.25, 0.3) is 0 Å². The van der Waals surface area contributed by atoms with Crippen molar-refractivity contribution in [3.63, 3.8) is 0 Å². The molecule has 0 radical (unpaired) electrons. The molecule has 1 aliphatic rings. The summed E-state index contributed by atoms with van der Waals surface area (Å²) in [6.07, 6.45) is 29.3. The van der Waals surface area contributed by atoms with E-state index in [-0.39, 0.29) is 49.0 Å². The van der Waals surface area contributed by atoms with E-state index in [2.05, 4.69) is 79.3 Å². The summed E-state index contributed by atoms with van der Waals surface area (Å²) in [4.78, 5) is 0. The van der Waals surface area contributed by atoms with Gasteiger partial charge in [0.2, 0.25) is 0 Å². The number of aryl methyl sites for hydroxylation is 2. The molecule has 0 fully saturated rings. The van der Waals surface area contributed by atoms with Crippen LogP contribution in [0.3, 0.4) is 0 Å². The van der Waals surface area contributed by atoms with Gasteiger partial charge in [-0.3, -0.25) is 6.08 Å². The van der Waals surface area contributed by atoms with Crippen LogP contribution in [0.5, 0.6) is 0 Å². The van der Waals surface area contributed by atoms with E-state index in [4.69, 9.17) is 0 Å². The van der Waals surface area contributed by atoms with Gasteiger partial charge in [-0.1, -0.05) is 185 Å². The number of rotatable bonds is 21. The van der Waals surface area contributed by atoms with E-state index in [1.54, 1.807) is 10.8 Å². The van der Waals surface area contributed by atoms with Crippen molar-refractivity contribution in [2.75, 3.05) is 0 Å². The fourth-order valence-corrected chi connectivity index (χ4v) is 11.8. The predicted molar refractivity (Wildman–Crippen MR) is 199 cm³/mol. The standard InChI is InChI=1S/C38H65Si.3CH3.Ti/c1-9-12-13-14-15-16-17-18-19-20-21-22-23-24-25-26-27-39(8,38(7)31-32(4)33(5)34(38)6)37-29-35(10-2)28-36(11-3)30-37;;;;/h28-30H,9-27H2,1-8H3;3*1H3;/q4*-1;+4. The minimum Gasteiger partial charge on any atom is -0.358 e. The van der Waals surface area contributed by atoms with Gasteiger partial charge >= 0.3 is 21.7 Å². The van der Waals surface area contributed by atoms with Crippen LogP contribution in [0.1, 0.15) is 162 Å². The molecule has 0 aromatic heterocycles. The second kappa shape index (κ2) is 24.8. The Kier molecular flexibility index (Phi) is 27.1. The monoisotopic (exact) mass is 643 g/mol. The quantitative estimate of drug-likeness (QED) is 0.0711. The van der Waals surface area contributed by atoms with E-state index in [0.717, 1.165) is 12.8 Å². The van der Waals surface area contributed by atoms with Crippen LogP contribution < -0.4 is 5.19 Å². The molecule has 0 spiro atoms. The maximum Gasteiger partial charge on any atom is 4.00 e. The Bertz CT molecular complexity index is 890. The van der Waals surface area contributed by atoms with Crippen molar-refractivity contribution in [2.24, 2.45) is 0 Å². The molecular weight excluding hydrogens is 568 g/mol. The predicted octanol–water partition coefficient (Wildman–Crippen LogP) is 13.6. The first-order valence-corrected chi connectivity index (χ1v) is 19.9. The second-order valence-corrected chi connectivity index (χ2v) is 18.0. The molecule has 43 heavy (non-hydrogen) atoms. The van der Waals surface area contributed by atoms with Gasteiger partial charge in [0, 0.05) is 0 Å². The van der Waals surface area contributed by atoms with E-state index in [0.29, 0.717) is 0 Å². The van der Waals surface area contributed by atoms with Crippen LogP contribution >= 0.6 is 0 Å². The Balaban J connectivity index is -0.00000400. The summed E-state index contributed by atoms with van der Waals surface area (Å²) in [6.45, 7) is 19.2. The number of allylic oxidation sites excluding steroid dienone is 4. The van der Waals surface area contributed by atoms with Gasteiger partial charge in [-0.05, 0) is 24.0 Å². The van der Waals surface area contributed by atoms with Crippen molar-refractivity contribution in [3.8, 4) is 0 Å². The van der Waals surface area contributed by atoms with E-state index in [1.807, 2.05) is 0 Å². The molecule has 0 aliphatic heterocycles. The van der Waals surface area contributed by atoms with Crippen LogP contribution in [0.2, 0.25) is 17.6 Å². The third-order valence-electron chi connectivity index (χ3n) is 10.5. The Morgan fingerprint density at radius 2 is 0.977 bits per heavy atom. The molecule has 0 heterocycles. The van der Waals surface area contributed by atoms with Crippen LogP contribution in [0.15, 0.2) is 34.9 Å². The van der Waals surface area contributed by atoms with Gasteiger partial charge in [0.15, 0.2) is 0 Å². The zero-order valence-corrected chi connectivity index (χ0v) is 33.7. The van der Waals surface area contributed by atoms with E-state index >= 15 is 0 Å². The van der Waals surface area contributed by atoms with Crippen LogP contribution in [0, 0.1) is 28.4 Å². The average molecular weight is 643 g/mol. The molecule has 2 atom stereocenters. The summed E-state index contributed by atoms with van der Waals surface area (Å²) in [7, 11) is -1.86. The van der Waals surface area contributed by atoms with E-state index in [9.17, 15) is 0 Å². The van der Waals surface area contributed by atoms with Gasteiger partial charge < -0.3 is 22.3 Å². The SMILES string of the molecule is CCCCCCCCCCCCCCCCCC[Si](C)(c1cc(CC)cc(CC)c1)C1(C)[C-]=C(C)C(C)=C1C.[CH3-].[CH3-].[CH3-].[Ti+4]. The number of hydrogen-bond acceptors (Lipinski definition) is 0. The largest absolute Gasteiger partial charge is 4.00 e. The third kappa shape index (κ3) is 13.9. The Labute approximate surface area is 289 Å². The normalized spacial score (nSPS) is 17.3. The first-order chi connectivity index (χ1) is 18.7. The van der Waals surface area contributed by atoms with E-state index < -0.39 is 8.07 Å². The molecule has 0 nitrogen and oxygen atoms in total. The number of benzene rings is 1. The smallest absolute Gasteiger partial charge is 0.358 e. The Morgan fingerprint density at radius 1 is 0.605 bits per heavy atom. The summed E-state index contributed by atoms with van der Waals surface area (Å²) in [6, 6.07) is 8.99. The van der Waals surface area contributed by atoms with Crippen LogP contribution in [-0.2, 0) is 34.6 Å². The van der Waals surface area contributed by atoms with Crippen molar-refractivity contribution in [1.82, 2.24) is 0 Å². The fraction of sp³-hybridized carbons (Fsp3) is 0.683. The van der Waals surface area contributed by atoms with Gasteiger partial charge in [-0.25, -0.2) is 5.57 Å². The van der Waals surface area contributed by atoms with Crippen LogP contribution in [0.25, 0.3) is 0 Å². The molecule has 0 amide bonds. The molecule has 0 bridgehead atoms. The van der Waals surface area contributed by atoms with Crippen molar-refractivity contribution in [3.05, 3.63) is 74.4 Å². The molecule has 1 aromatic rings. The zero-order chi connectivity index (χ0) is 28.7. The minimum absolute atomic E-state index is 0. The topological polar surface area (TPSA) is 0 Å². The average Bonchev–Trinajstić information content (AvgIpc) is 3.15. The van der Waals surface area contributed by atoms with Gasteiger partial charge in [-0.15, -0.1) is 6.92 Å². The van der Waals surface area contributed by atoms with Crippen molar-refractivity contribution in [1.29, 1.82) is 0 Å². The van der Waals surface area contributed by atoms with Crippen molar-refractivity contribution >= 4 is 13.3 Å². The molecule has 1 aromatic carbocycles. The summed E-state index contributed by atoms with van der Waals surface area (Å²) in [5.74, 6) is 0. The molecular formula is C41H74SiTi.